The number of hydrogen-bond acceptors (Lipinski definition) is 4. The minimum Gasteiger partial charge on any atom is -0.478 e. The Bertz CT molecular complexity index is 1040. The number of hydrogen-bond donors (Lipinski definition) is 2. The molecule has 0 fully saturated rings. The van der Waals surface area contributed by atoms with Gasteiger partial charge in [-0.2, -0.15) is 0 Å². The molecular weight excluding hydrogens is 401 g/mol. The second-order valence-electron chi connectivity index (χ2n) is 6.24. The summed E-state index contributed by atoms with van der Waals surface area (Å²) in [5.74, 6) is -1.26. The van der Waals surface area contributed by atoms with Gasteiger partial charge in [0.2, 0.25) is 5.91 Å². The number of pyridine rings is 1. The van der Waals surface area contributed by atoms with E-state index in [4.69, 9.17) is 23.2 Å². The SMILES string of the molecule is CN(Cc1ccccn1)C(=O)CNc1cc(C(=O)O)cc2cc(Cl)cc(Cl)c12. The van der Waals surface area contributed by atoms with Gasteiger partial charge >= 0.3 is 5.97 Å². The zero-order valence-electron chi connectivity index (χ0n) is 14.9. The van der Waals surface area contributed by atoms with Crippen LogP contribution in [-0.4, -0.2) is 40.5 Å². The predicted octanol–water partition coefficient (Wildman–Crippen LogP) is 4.31. The molecule has 6 nitrogen and oxygen atoms in total. The van der Waals surface area contributed by atoms with E-state index in [0.717, 1.165) is 5.69 Å². The van der Waals surface area contributed by atoms with Gasteiger partial charge in [-0.15, -0.1) is 0 Å². The Kier molecular flexibility index (Phi) is 6.02. The quantitative estimate of drug-likeness (QED) is 0.624. The standard InChI is InChI=1S/C20H17Cl2N3O3/c1-25(11-15-4-2-3-5-23-15)18(26)10-24-17-8-13(20(27)28)6-12-7-14(21)9-16(22)19(12)17/h2-9,24H,10-11H2,1H3,(H,27,28). The van der Waals surface area contributed by atoms with E-state index in [1.807, 2.05) is 18.2 Å². The molecule has 3 aromatic rings. The van der Waals surface area contributed by atoms with Crippen LogP contribution in [0.3, 0.4) is 0 Å². The summed E-state index contributed by atoms with van der Waals surface area (Å²) < 4.78 is 0. The van der Waals surface area contributed by atoms with Crippen LogP contribution in [-0.2, 0) is 11.3 Å². The van der Waals surface area contributed by atoms with Crippen molar-refractivity contribution in [3.63, 3.8) is 0 Å². The number of anilines is 1. The molecule has 0 aliphatic heterocycles. The predicted molar refractivity (Wildman–Crippen MR) is 110 cm³/mol. The van der Waals surface area contributed by atoms with Gasteiger partial charge in [-0.3, -0.25) is 9.78 Å². The molecule has 0 saturated carbocycles. The van der Waals surface area contributed by atoms with Crippen molar-refractivity contribution >= 4 is 51.5 Å². The Hall–Kier alpha value is -2.83. The van der Waals surface area contributed by atoms with Crippen LogP contribution in [0.15, 0.2) is 48.7 Å². The van der Waals surface area contributed by atoms with E-state index >= 15 is 0 Å². The summed E-state index contributed by atoms with van der Waals surface area (Å²) in [6.07, 6.45) is 1.67. The first-order valence-electron chi connectivity index (χ1n) is 8.39. The summed E-state index contributed by atoms with van der Waals surface area (Å²) in [5, 5.41) is 14.3. The van der Waals surface area contributed by atoms with Gasteiger partial charge in [0, 0.05) is 29.3 Å². The topological polar surface area (TPSA) is 82.5 Å². The zero-order valence-corrected chi connectivity index (χ0v) is 16.5. The van der Waals surface area contributed by atoms with E-state index in [9.17, 15) is 14.7 Å². The van der Waals surface area contributed by atoms with Crippen LogP contribution in [0.4, 0.5) is 5.69 Å². The number of benzene rings is 2. The average molecular weight is 418 g/mol. The van der Waals surface area contributed by atoms with Crippen molar-refractivity contribution in [2.45, 2.75) is 6.54 Å². The minimum atomic E-state index is -1.08. The number of halogens is 2. The van der Waals surface area contributed by atoms with Crippen LogP contribution in [0.2, 0.25) is 10.0 Å². The van der Waals surface area contributed by atoms with Crippen LogP contribution >= 0.6 is 23.2 Å². The van der Waals surface area contributed by atoms with Crippen molar-refractivity contribution in [2.75, 3.05) is 18.9 Å². The minimum absolute atomic E-state index is 0.0273. The number of likely N-dealkylation sites (N-methyl/N-ethyl adjacent to an activating group) is 1. The van der Waals surface area contributed by atoms with Crippen molar-refractivity contribution in [1.29, 1.82) is 0 Å². The Morgan fingerprint density at radius 3 is 2.64 bits per heavy atom. The lowest BCUT2D eigenvalue weighted by Gasteiger charge is -2.18. The molecule has 0 saturated heterocycles. The number of fused-ring (bicyclic) bond motifs is 1. The number of amides is 1. The lowest BCUT2D eigenvalue weighted by molar-refractivity contribution is -0.128. The zero-order chi connectivity index (χ0) is 20.3. The molecule has 144 valence electrons. The molecule has 0 unspecified atom stereocenters. The molecule has 0 radical (unpaired) electrons. The van der Waals surface area contributed by atoms with E-state index < -0.39 is 5.97 Å². The molecule has 1 heterocycles. The summed E-state index contributed by atoms with van der Waals surface area (Å²) in [7, 11) is 1.68. The molecule has 3 rings (SSSR count). The van der Waals surface area contributed by atoms with Crippen molar-refractivity contribution < 1.29 is 14.7 Å². The number of nitrogens with zero attached hydrogens (tertiary/aromatic N) is 2. The Balaban J connectivity index is 1.83. The maximum atomic E-state index is 12.5. The largest absolute Gasteiger partial charge is 0.478 e. The van der Waals surface area contributed by atoms with Crippen molar-refractivity contribution in [3.05, 3.63) is 70.0 Å². The molecule has 8 heteroatoms. The number of carboxylic acid groups (broad SMARTS) is 1. The van der Waals surface area contributed by atoms with E-state index in [2.05, 4.69) is 10.3 Å². The van der Waals surface area contributed by atoms with Gasteiger partial charge in [0.25, 0.3) is 0 Å². The molecule has 0 aliphatic carbocycles. The summed E-state index contributed by atoms with van der Waals surface area (Å²) in [4.78, 5) is 29.7. The van der Waals surface area contributed by atoms with Crippen molar-refractivity contribution in [1.82, 2.24) is 9.88 Å². The van der Waals surface area contributed by atoms with Crippen LogP contribution in [0.5, 0.6) is 0 Å². The molecule has 2 N–H and O–H groups in total. The van der Waals surface area contributed by atoms with Crippen LogP contribution in [0.25, 0.3) is 10.8 Å². The molecule has 0 bridgehead atoms. The maximum absolute atomic E-state index is 12.5. The van der Waals surface area contributed by atoms with Gasteiger partial charge in [0.15, 0.2) is 0 Å². The lowest BCUT2D eigenvalue weighted by atomic mass is 10.0. The van der Waals surface area contributed by atoms with E-state index in [1.54, 1.807) is 25.4 Å². The maximum Gasteiger partial charge on any atom is 0.335 e. The third-order valence-corrected chi connectivity index (χ3v) is 4.71. The first-order chi connectivity index (χ1) is 13.3. The van der Waals surface area contributed by atoms with Crippen LogP contribution in [0, 0.1) is 0 Å². The van der Waals surface area contributed by atoms with E-state index in [-0.39, 0.29) is 18.0 Å². The lowest BCUT2D eigenvalue weighted by Crippen LogP contribution is -2.32. The van der Waals surface area contributed by atoms with E-state index in [0.29, 0.717) is 33.0 Å². The molecule has 0 spiro atoms. The van der Waals surface area contributed by atoms with Gasteiger partial charge in [-0.25, -0.2) is 4.79 Å². The second kappa shape index (κ2) is 8.46. The molecule has 0 atom stereocenters. The monoisotopic (exact) mass is 417 g/mol. The summed E-state index contributed by atoms with van der Waals surface area (Å²) in [5.41, 5.74) is 1.30. The van der Waals surface area contributed by atoms with Gasteiger partial charge in [-0.1, -0.05) is 29.3 Å². The molecule has 1 amide bonds. The van der Waals surface area contributed by atoms with Gasteiger partial charge in [0.05, 0.1) is 29.4 Å². The third kappa shape index (κ3) is 4.52. The highest BCUT2D eigenvalue weighted by molar-refractivity contribution is 6.39. The fourth-order valence-corrected chi connectivity index (χ4v) is 3.43. The number of aromatic carboxylic acids is 1. The summed E-state index contributed by atoms with van der Waals surface area (Å²) in [6, 6.07) is 11.7. The van der Waals surface area contributed by atoms with Gasteiger partial charge in [-0.05, 0) is 41.8 Å². The highest BCUT2D eigenvalue weighted by Gasteiger charge is 2.15. The number of carbonyl (C=O) groups is 2. The highest BCUT2D eigenvalue weighted by atomic mass is 35.5. The summed E-state index contributed by atoms with van der Waals surface area (Å²) >= 11 is 12.3. The number of nitrogens with one attached hydrogen (secondary N) is 1. The molecular formula is C20H17Cl2N3O3. The van der Waals surface area contributed by atoms with Crippen LogP contribution in [0.1, 0.15) is 16.1 Å². The first kappa shape index (κ1) is 19.9. The Labute approximate surface area is 171 Å². The highest BCUT2D eigenvalue weighted by Crippen LogP contribution is 2.34. The van der Waals surface area contributed by atoms with Gasteiger partial charge in [0.1, 0.15) is 0 Å². The number of carbonyl (C=O) groups excluding carboxylic acids is 1. The first-order valence-corrected chi connectivity index (χ1v) is 9.14. The molecule has 2 aromatic carbocycles. The summed E-state index contributed by atoms with van der Waals surface area (Å²) in [6.45, 7) is 0.341. The number of rotatable bonds is 6. The number of carboxylic acids is 1. The third-order valence-electron chi connectivity index (χ3n) is 4.19. The van der Waals surface area contributed by atoms with Gasteiger partial charge < -0.3 is 15.3 Å². The van der Waals surface area contributed by atoms with Crippen LogP contribution < -0.4 is 5.32 Å². The average Bonchev–Trinajstić information content (AvgIpc) is 2.65. The van der Waals surface area contributed by atoms with Crippen molar-refractivity contribution in [2.24, 2.45) is 0 Å². The second-order valence-corrected chi connectivity index (χ2v) is 7.08. The molecule has 0 aliphatic rings. The smallest absolute Gasteiger partial charge is 0.335 e. The van der Waals surface area contributed by atoms with E-state index in [1.165, 1.54) is 17.0 Å². The normalized spacial score (nSPS) is 10.7. The van der Waals surface area contributed by atoms with Crippen molar-refractivity contribution in [3.8, 4) is 0 Å². The number of aromatic nitrogens is 1. The molecule has 28 heavy (non-hydrogen) atoms. The molecule has 1 aromatic heterocycles. The Morgan fingerprint density at radius 2 is 1.96 bits per heavy atom. The fourth-order valence-electron chi connectivity index (χ4n) is 2.82. The fraction of sp³-hybridized carbons (Fsp3) is 0.150. The Morgan fingerprint density at radius 1 is 1.18 bits per heavy atom.